The van der Waals surface area contributed by atoms with Crippen molar-refractivity contribution in [1.82, 2.24) is 20.4 Å². The molecule has 2 amide bonds. The van der Waals surface area contributed by atoms with Crippen LogP contribution in [0.5, 0.6) is 0 Å². The van der Waals surface area contributed by atoms with Gasteiger partial charge in [0.25, 0.3) is 5.91 Å². The topological polar surface area (TPSA) is 133 Å². The molecule has 0 spiro atoms. The first-order chi connectivity index (χ1) is 13.3. The van der Waals surface area contributed by atoms with E-state index in [2.05, 4.69) is 15.5 Å². The van der Waals surface area contributed by atoms with Gasteiger partial charge in [-0.05, 0) is 18.6 Å². The first-order valence-corrected chi connectivity index (χ1v) is 8.88. The van der Waals surface area contributed by atoms with Crippen LogP contribution in [-0.2, 0) is 4.79 Å². The van der Waals surface area contributed by atoms with E-state index in [0.717, 1.165) is 22.3 Å². The molecule has 148 valence electrons. The Morgan fingerprint density at radius 2 is 1.96 bits per heavy atom. The Kier molecular flexibility index (Phi) is 5.49. The molecule has 0 radical (unpaired) electrons. The van der Waals surface area contributed by atoms with E-state index in [9.17, 15) is 28.3 Å². The van der Waals surface area contributed by atoms with Crippen LogP contribution in [0.25, 0.3) is 10.6 Å². The monoisotopic (exact) mass is 412 g/mol. The molecule has 0 saturated carbocycles. The standard InChI is InChI=1S/C16H14F2N4O5S/c17-7-1-2-8(10(18)5-7)13-20-21-14(28-13)12(23)19-11-3-4-22(16(26)27)6-9(11)15(24)25/h1-2,5,9,11H,3-4,6H2,(H,19,23)(H,24,25)(H,26,27)/t9-,11-/m0/s1. The van der Waals surface area contributed by atoms with Gasteiger partial charge in [-0.1, -0.05) is 11.3 Å². The van der Waals surface area contributed by atoms with Crippen LogP contribution in [-0.4, -0.2) is 62.4 Å². The number of nitrogens with zero attached hydrogens (tertiary/aromatic N) is 3. The summed E-state index contributed by atoms with van der Waals surface area (Å²) in [4.78, 5) is 35.8. The lowest BCUT2D eigenvalue weighted by Crippen LogP contribution is -2.54. The number of nitrogens with one attached hydrogen (secondary N) is 1. The Morgan fingerprint density at radius 3 is 2.61 bits per heavy atom. The Hall–Kier alpha value is -3.15. The lowest BCUT2D eigenvalue weighted by molar-refractivity contribution is -0.144. The fraction of sp³-hybridized carbons (Fsp3) is 0.312. The molecule has 2 aromatic rings. The number of hydrogen-bond acceptors (Lipinski definition) is 6. The number of amides is 2. The maximum Gasteiger partial charge on any atom is 0.407 e. The minimum atomic E-state index is -1.23. The van der Waals surface area contributed by atoms with Gasteiger partial charge in [0, 0.05) is 30.8 Å². The number of likely N-dealkylation sites (tertiary alicyclic amines) is 1. The van der Waals surface area contributed by atoms with Crippen molar-refractivity contribution in [3.8, 4) is 10.6 Å². The summed E-state index contributed by atoms with van der Waals surface area (Å²) in [6.45, 7) is -0.177. The highest BCUT2D eigenvalue weighted by Crippen LogP contribution is 2.27. The smallest absolute Gasteiger partial charge is 0.407 e. The first-order valence-electron chi connectivity index (χ1n) is 8.06. The highest BCUT2D eigenvalue weighted by Gasteiger charge is 2.37. The van der Waals surface area contributed by atoms with Gasteiger partial charge in [-0.3, -0.25) is 9.59 Å². The SMILES string of the molecule is O=C(N[C@H]1CCN(C(=O)O)C[C@@H]1C(=O)O)c1nnc(-c2ccc(F)cc2F)s1. The van der Waals surface area contributed by atoms with E-state index in [-0.39, 0.29) is 35.1 Å². The summed E-state index contributed by atoms with van der Waals surface area (Å²) in [5.74, 6) is -4.66. The average Bonchev–Trinajstić information content (AvgIpc) is 3.11. The number of carboxylic acids is 1. The molecule has 1 aromatic heterocycles. The van der Waals surface area contributed by atoms with Crippen molar-refractivity contribution in [1.29, 1.82) is 0 Å². The molecule has 3 N–H and O–H groups in total. The summed E-state index contributed by atoms with van der Waals surface area (Å²) >= 11 is 0.769. The van der Waals surface area contributed by atoms with Crippen molar-refractivity contribution in [2.24, 2.45) is 5.92 Å². The maximum atomic E-state index is 13.8. The van der Waals surface area contributed by atoms with Gasteiger partial charge in [0.15, 0.2) is 5.01 Å². The third-order valence-corrected chi connectivity index (χ3v) is 5.25. The molecule has 1 fully saturated rings. The van der Waals surface area contributed by atoms with Crippen LogP contribution < -0.4 is 5.32 Å². The summed E-state index contributed by atoms with van der Waals surface area (Å²) < 4.78 is 26.9. The number of aliphatic carboxylic acids is 1. The molecule has 2 atom stereocenters. The molecule has 28 heavy (non-hydrogen) atoms. The number of benzene rings is 1. The van der Waals surface area contributed by atoms with E-state index in [1.165, 1.54) is 6.07 Å². The van der Waals surface area contributed by atoms with Crippen LogP contribution in [0, 0.1) is 17.6 Å². The average molecular weight is 412 g/mol. The van der Waals surface area contributed by atoms with Crippen molar-refractivity contribution in [2.75, 3.05) is 13.1 Å². The van der Waals surface area contributed by atoms with Crippen molar-refractivity contribution in [3.05, 3.63) is 34.8 Å². The minimum absolute atomic E-state index is 0.0175. The number of carboxylic acid groups (broad SMARTS) is 2. The van der Waals surface area contributed by atoms with E-state index in [1.807, 2.05) is 0 Å². The molecule has 1 aromatic carbocycles. The summed E-state index contributed by atoms with van der Waals surface area (Å²) in [6, 6.07) is 2.11. The molecular weight excluding hydrogens is 398 g/mol. The fourth-order valence-corrected chi connectivity index (χ4v) is 3.64. The quantitative estimate of drug-likeness (QED) is 0.696. The Labute approximate surface area is 160 Å². The highest BCUT2D eigenvalue weighted by molar-refractivity contribution is 7.16. The lowest BCUT2D eigenvalue weighted by Gasteiger charge is -2.35. The zero-order valence-corrected chi connectivity index (χ0v) is 14.9. The van der Waals surface area contributed by atoms with E-state index < -0.39 is 41.6 Å². The normalized spacial score (nSPS) is 19.3. The zero-order valence-electron chi connectivity index (χ0n) is 14.1. The number of piperidine rings is 1. The predicted molar refractivity (Wildman–Crippen MR) is 91.9 cm³/mol. The molecule has 2 heterocycles. The number of carbonyl (C=O) groups excluding carboxylic acids is 1. The third-order valence-electron chi connectivity index (χ3n) is 4.30. The number of hydrogen-bond donors (Lipinski definition) is 3. The van der Waals surface area contributed by atoms with Crippen LogP contribution >= 0.6 is 11.3 Å². The molecular formula is C16H14F2N4O5S. The maximum absolute atomic E-state index is 13.8. The highest BCUT2D eigenvalue weighted by atomic mass is 32.1. The van der Waals surface area contributed by atoms with Gasteiger partial charge < -0.3 is 20.4 Å². The van der Waals surface area contributed by atoms with Gasteiger partial charge in [0.2, 0.25) is 5.01 Å². The van der Waals surface area contributed by atoms with E-state index >= 15 is 0 Å². The summed E-state index contributed by atoms with van der Waals surface area (Å²) in [5, 5.41) is 28.2. The van der Waals surface area contributed by atoms with Crippen LogP contribution in [0.2, 0.25) is 0 Å². The van der Waals surface area contributed by atoms with Gasteiger partial charge in [-0.25, -0.2) is 13.6 Å². The number of carbonyl (C=O) groups is 3. The Morgan fingerprint density at radius 1 is 1.21 bits per heavy atom. The second-order valence-corrected chi connectivity index (χ2v) is 7.06. The minimum Gasteiger partial charge on any atom is -0.481 e. The fourth-order valence-electron chi connectivity index (χ4n) is 2.87. The second kappa shape index (κ2) is 7.84. The van der Waals surface area contributed by atoms with E-state index in [0.29, 0.717) is 6.07 Å². The second-order valence-electron chi connectivity index (χ2n) is 6.08. The Bertz CT molecular complexity index is 938. The molecule has 9 nitrogen and oxygen atoms in total. The van der Waals surface area contributed by atoms with Gasteiger partial charge in [0.05, 0.1) is 5.92 Å². The molecule has 12 heteroatoms. The number of rotatable bonds is 4. The molecule has 1 saturated heterocycles. The van der Waals surface area contributed by atoms with Gasteiger partial charge in [0.1, 0.15) is 11.6 Å². The first kappa shape index (κ1) is 19.6. The predicted octanol–water partition coefficient (Wildman–Crippen LogP) is 1.67. The van der Waals surface area contributed by atoms with Crippen LogP contribution in [0.3, 0.4) is 0 Å². The number of aromatic nitrogens is 2. The van der Waals surface area contributed by atoms with Crippen molar-refractivity contribution in [2.45, 2.75) is 12.5 Å². The molecule has 1 aliphatic heterocycles. The van der Waals surface area contributed by atoms with Crippen molar-refractivity contribution >= 4 is 29.3 Å². The zero-order chi connectivity index (χ0) is 20.4. The number of halogens is 2. The molecule has 0 aliphatic carbocycles. The third kappa shape index (κ3) is 4.06. The summed E-state index contributed by atoms with van der Waals surface area (Å²) in [7, 11) is 0. The molecule has 0 unspecified atom stereocenters. The van der Waals surface area contributed by atoms with Crippen LogP contribution in [0.15, 0.2) is 18.2 Å². The van der Waals surface area contributed by atoms with Crippen molar-refractivity contribution in [3.63, 3.8) is 0 Å². The molecule has 1 aliphatic rings. The lowest BCUT2D eigenvalue weighted by atomic mass is 9.92. The van der Waals surface area contributed by atoms with Crippen LogP contribution in [0.1, 0.15) is 16.2 Å². The van der Waals surface area contributed by atoms with Gasteiger partial charge in [-0.15, -0.1) is 10.2 Å². The van der Waals surface area contributed by atoms with Crippen molar-refractivity contribution < 1.29 is 33.4 Å². The Balaban J connectivity index is 1.73. The molecule has 0 bridgehead atoms. The van der Waals surface area contributed by atoms with E-state index in [4.69, 9.17) is 5.11 Å². The van der Waals surface area contributed by atoms with E-state index in [1.54, 1.807) is 0 Å². The largest absolute Gasteiger partial charge is 0.481 e. The summed E-state index contributed by atoms with van der Waals surface area (Å²) in [5.41, 5.74) is -0.0175. The van der Waals surface area contributed by atoms with Gasteiger partial charge in [-0.2, -0.15) is 0 Å². The molecule has 3 rings (SSSR count). The van der Waals surface area contributed by atoms with Crippen LogP contribution in [0.4, 0.5) is 13.6 Å². The van der Waals surface area contributed by atoms with Gasteiger partial charge >= 0.3 is 12.1 Å². The summed E-state index contributed by atoms with van der Waals surface area (Å²) in [6.07, 6.45) is -1.11.